The average Bonchev–Trinajstić information content (AvgIpc) is 3.15. The summed E-state index contributed by atoms with van der Waals surface area (Å²) < 4.78 is 11.4. The van der Waals surface area contributed by atoms with Crippen LogP contribution in [0.2, 0.25) is 0 Å². The van der Waals surface area contributed by atoms with Gasteiger partial charge in [0.1, 0.15) is 10.8 Å². The van der Waals surface area contributed by atoms with Crippen LogP contribution < -0.4 is 10.1 Å². The minimum atomic E-state index is -0.615. The largest absolute Gasteiger partial charge is 0.481 e. The Labute approximate surface area is 188 Å². The number of carbonyl (C=O) groups excluding carboxylic acids is 2. The van der Waals surface area contributed by atoms with Gasteiger partial charge in [0.2, 0.25) is 0 Å². The van der Waals surface area contributed by atoms with Crippen LogP contribution in [-0.2, 0) is 35.2 Å². The van der Waals surface area contributed by atoms with Crippen LogP contribution in [0.4, 0.5) is 5.00 Å². The van der Waals surface area contributed by atoms with Crippen LogP contribution in [0.25, 0.3) is 0 Å². The van der Waals surface area contributed by atoms with E-state index in [4.69, 9.17) is 9.47 Å². The van der Waals surface area contributed by atoms with Crippen LogP contribution in [-0.4, -0.2) is 24.6 Å². The van der Waals surface area contributed by atoms with Crippen LogP contribution >= 0.6 is 11.3 Å². The monoisotopic (exact) mass is 441 g/mol. The number of thiophene rings is 1. The maximum absolute atomic E-state index is 13.1. The number of benzene rings is 1. The smallest absolute Gasteiger partial charge is 0.341 e. The molecule has 5 nitrogen and oxygen atoms in total. The SMILES string of the molecule is CCOC(=O)c1c(NC(=O)[C@@H](CC)Oc2ccc3c(c2)CCCC3)sc2c1CCCC2. The highest BCUT2D eigenvalue weighted by atomic mass is 32.1. The van der Waals surface area contributed by atoms with Crippen LogP contribution in [0, 0.1) is 0 Å². The van der Waals surface area contributed by atoms with Crippen molar-refractivity contribution in [1.29, 1.82) is 0 Å². The van der Waals surface area contributed by atoms with Crippen molar-refractivity contribution in [2.45, 2.75) is 77.7 Å². The summed E-state index contributed by atoms with van der Waals surface area (Å²) in [5, 5.41) is 3.59. The Morgan fingerprint density at radius 1 is 1.03 bits per heavy atom. The Hall–Kier alpha value is -2.34. The number of hydrogen-bond donors (Lipinski definition) is 1. The molecule has 6 heteroatoms. The van der Waals surface area contributed by atoms with Crippen LogP contribution in [0.1, 0.15) is 77.9 Å². The highest BCUT2D eigenvalue weighted by Gasteiger charge is 2.29. The molecule has 0 aliphatic heterocycles. The fourth-order valence-electron chi connectivity index (χ4n) is 4.54. The van der Waals surface area contributed by atoms with E-state index in [1.807, 2.05) is 13.0 Å². The topological polar surface area (TPSA) is 64.6 Å². The zero-order valence-corrected chi connectivity index (χ0v) is 19.2. The van der Waals surface area contributed by atoms with Gasteiger partial charge in [0.25, 0.3) is 5.91 Å². The van der Waals surface area contributed by atoms with Crippen LogP contribution in [0.3, 0.4) is 0 Å². The predicted molar refractivity (Wildman–Crippen MR) is 123 cm³/mol. The Morgan fingerprint density at radius 3 is 2.55 bits per heavy atom. The summed E-state index contributed by atoms with van der Waals surface area (Å²) >= 11 is 1.51. The van der Waals surface area contributed by atoms with E-state index in [0.29, 0.717) is 23.6 Å². The Balaban J connectivity index is 1.52. The van der Waals surface area contributed by atoms with E-state index < -0.39 is 6.10 Å². The van der Waals surface area contributed by atoms with Crippen molar-refractivity contribution < 1.29 is 19.1 Å². The quantitative estimate of drug-likeness (QED) is 0.578. The first-order valence-corrected chi connectivity index (χ1v) is 12.3. The van der Waals surface area contributed by atoms with Crippen molar-refractivity contribution in [3.05, 3.63) is 45.3 Å². The van der Waals surface area contributed by atoms with E-state index >= 15 is 0 Å². The highest BCUT2D eigenvalue weighted by molar-refractivity contribution is 7.17. The van der Waals surface area contributed by atoms with E-state index in [-0.39, 0.29) is 11.9 Å². The number of carbonyl (C=O) groups is 2. The molecular weight excluding hydrogens is 410 g/mol. The number of fused-ring (bicyclic) bond motifs is 2. The molecule has 1 aromatic carbocycles. The number of amides is 1. The molecule has 0 saturated carbocycles. The lowest BCUT2D eigenvalue weighted by Gasteiger charge is -2.20. The van der Waals surface area contributed by atoms with Gasteiger partial charge in [-0.1, -0.05) is 13.0 Å². The molecule has 0 saturated heterocycles. The van der Waals surface area contributed by atoms with Gasteiger partial charge in [0.05, 0.1) is 12.2 Å². The van der Waals surface area contributed by atoms with Crippen LogP contribution in [0.5, 0.6) is 5.75 Å². The van der Waals surface area contributed by atoms with Crippen LogP contribution in [0.15, 0.2) is 18.2 Å². The summed E-state index contributed by atoms with van der Waals surface area (Å²) in [5.74, 6) is 0.170. The Morgan fingerprint density at radius 2 is 1.77 bits per heavy atom. The molecule has 0 bridgehead atoms. The third-order valence-corrected chi connectivity index (χ3v) is 7.36. The maximum atomic E-state index is 13.1. The second kappa shape index (κ2) is 9.86. The maximum Gasteiger partial charge on any atom is 0.341 e. The molecule has 0 fully saturated rings. The number of nitrogens with one attached hydrogen (secondary N) is 1. The summed E-state index contributed by atoms with van der Waals surface area (Å²) in [6, 6.07) is 6.17. The number of hydrogen-bond acceptors (Lipinski definition) is 5. The Kier molecular flexibility index (Phi) is 6.96. The highest BCUT2D eigenvalue weighted by Crippen LogP contribution is 2.39. The van der Waals surface area contributed by atoms with Crippen molar-refractivity contribution in [3.8, 4) is 5.75 Å². The lowest BCUT2D eigenvalue weighted by atomic mass is 9.92. The van der Waals surface area contributed by atoms with Gasteiger partial charge >= 0.3 is 5.97 Å². The first kappa shape index (κ1) is 21.9. The number of anilines is 1. The van der Waals surface area contributed by atoms with Crippen molar-refractivity contribution in [3.63, 3.8) is 0 Å². The van der Waals surface area contributed by atoms with Gasteiger partial charge in [-0.2, -0.15) is 0 Å². The summed E-state index contributed by atoms with van der Waals surface area (Å²) in [6.45, 7) is 4.05. The minimum absolute atomic E-state index is 0.218. The van der Waals surface area contributed by atoms with Gasteiger partial charge < -0.3 is 14.8 Å². The Bertz CT molecular complexity index is 965. The standard InChI is InChI=1S/C25H31NO4S/c1-3-20(30-18-14-13-16-9-5-6-10-17(16)15-18)23(27)26-24-22(25(28)29-4-2)19-11-7-8-12-21(19)31-24/h13-15,20H,3-12H2,1-2H3,(H,26,27)/t20-/m1/s1. The van der Waals surface area contributed by atoms with Gasteiger partial charge in [-0.15, -0.1) is 11.3 Å². The molecule has 1 atom stereocenters. The first-order chi connectivity index (χ1) is 15.1. The molecule has 1 amide bonds. The summed E-state index contributed by atoms with van der Waals surface area (Å²) in [7, 11) is 0. The molecule has 2 aliphatic carbocycles. The van der Waals surface area contributed by atoms with Gasteiger partial charge in [-0.05, 0) is 93.5 Å². The third-order valence-electron chi connectivity index (χ3n) is 6.15. The molecule has 4 rings (SSSR count). The lowest BCUT2D eigenvalue weighted by Crippen LogP contribution is -2.32. The fourth-order valence-corrected chi connectivity index (χ4v) is 5.82. The van der Waals surface area contributed by atoms with Gasteiger partial charge in [0, 0.05) is 4.88 Å². The fraction of sp³-hybridized carbons (Fsp3) is 0.520. The normalized spacial score (nSPS) is 16.1. The van der Waals surface area contributed by atoms with E-state index in [2.05, 4.69) is 17.4 Å². The summed E-state index contributed by atoms with van der Waals surface area (Å²) in [4.78, 5) is 26.9. The second-order valence-electron chi connectivity index (χ2n) is 8.28. The molecular formula is C25H31NO4S. The summed E-state index contributed by atoms with van der Waals surface area (Å²) in [5.41, 5.74) is 4.31. The number of aryl methyl sites for hydroxylation is 3. The second-order valence-corrected chi connectivity index (χ2v) is 9.38. The molecule has 166 valence electrons. The van der Waals surface area contributed by atoms with Crippen molar-refractivity contribution >= 4 is 28.2 Å². The zero-order chi connectivity index (χ0) is 21.8. The molecule has 31 heavy (non-hydrogen) atoms. The molecule has 0 spiro atoms. The minimum Gasteiger partial charge on any atom is -0.481 e. The van der Waals surface area contributed by atoms with Crippen molar-refractivity contribution in [1.82, 2.24) is 0 Å². The molecule has 0 unspecified atom stereocenters. The van der Waals surface area contributed by atoms with E-state index in [1.54, 1.807) is 6.92 Å². The van der Waals surface area contributed by atoms with E-state index in [9.17, 15) is 9.59 Å². The summed E-state index contributed by atoms with van der Waals surface area (Å²) in [6.07, 6.45) is 8.54. The number of ether oxygens (including phenoxy) is 2. The van der Waals surface area contributed by atoms with Crippen molar-refractivity contribution in [2.24, 2.45) is 0 Å². The first-order valence-electron chi connectivity index (χ1n) is 11.5. The molecule has 1 N–H and O–H groups in total. The van der Waals surface area contributed by atoms with Gasteiger partial charge in [-0.25, -0.2) is 4.79 Å². The number of esters is 1. The molecule has 1 heterocycles. The van der Waals surface area contributed by atoms with Gasteiger partial charge in [0.15, 0.2) is 6.10 Å². The predicted octanol–water partition coefficient (Wildman–Crippen LogP) is 5.48. The third kappa shape index (κ3) is 4.79. The zero-order valence-electron chi connectivity index (χ0n) is 18.4. The molecule has 2 aliphatic rings. The molecule has 0 radical (unpaired) electrons. The van der Waals surface area contributed by atoms with Gasteiger partial charge in [-0.3, -0.25) is 4.79 Å². The molecule has 2 aromatic rings. The van der Waals surface area contributed by atoms with Crippen molar-refractivity contribution in [2.75, 3.05) is 11.9 Å². The van der Waals surface area contributed by atoms with E-state index in [1.165, 1.54) is 40.2 Å². The number of rotatable bonds is 7. The molecule has 1 aromatic heterocycles. The van der Waals surface area contributed by atoms with E-state index in [0.717, 1.165) is 49.8 Å². The average molecular weight is 442 g/mol. The lowest BCUT2D eigenvalue weighted by molar-refractivity contribution is -0.122.